The maximum atomic E-state index is 10.1. The molecule has 0 unspecified atom stereocenters. The molecule has 4 aromatic heterocycles. The Morgan fingerprint density at radius 1 is 1.18 bits per heavy atom. The number of aliphatic hydroxyl groups is 1. The highest BCUT2D eigenvalue weighted by atomic mass is 32.1. The minimum Gasteiger partial charge on any atom is -0.452 e. The van der Waals surface area contributed by atoms with Gasteiger partial charge in [0, 0.05) is 48.0 Å². The highest BCUT2D eigenvalue weighted by Crippen LogP contribution is 2.43. The molecule has 0 aromatic carbocycles. The Morgan fingerprint density at radius 2 is 2.00 bits per heavy atom. The first kappa shape index (κ1) is 21.8. The molecular formula is C25H29N5O3S. The van der Waals surface area contributed by atoms with Crippen molar-refractivity contribution in [2.45, 2.75) is 63.6 Å². The van der Waals surface area contributed by atoms with Crippen LogP contribution in [0.25, 0.3) is 20.7 Å². The lowest BCUT2D eigenvalue weighted by Gasteiger charge is -2.21. The third-order valence-corrected chi connectivity index (χ3v) is 7.50. The fourth-order valence-electron chi connectivity index (χ4n) is 4.48. The molecule has 5 heterocycles. The zero-order chi connectivity index (χ0) is 23.3. The van der Waals surface area contributed by atoms with E-state index in [1.807, 2.05) is 18.5 Å². The van der Waals surface area contributed by atoms with Gasteiger partial charge in [-0.05, 0) is 45.6 Å². The van der Waals surface area contributed by atoms with Crippen molar-refractivity contribution in [2.24, 2.45) is 0 Å². The second-order valence-electron chi connectivity index (χ2n) is 9.95. The molecule has 1 aliphatic carbocycles. The Labute approximate surface area is 202 Å². The first-order valence-electron chi connectivity index (χ1n) is 11.9. The third-order valence-electron chi connectivity index (χ3n) is 6.32. The zero-order valence-corrected chi connectivity index (χ0v) is 20.3. The second-order valence-corrected chi connectivity index (χ2v) is 11.0. The van der Waals surface area contributed by atoms with Crippen LogP contribution in [-0.2, 0) is 11.3 Å². The number of pyridine rings is 1. The predicted molar refractivity (Wildman–Crippen MR) is 131 cm³/mol. The van der Waals surface area contributed by atoms with Gasteiger partial charge >= 0.3 is 0 Å². The molecule has 8 nitrogen and oxygen atoms in total. The molecule has 178 valence electrons. The van der Waals surface area contributed by atoms with Crippen LogP contribution in [0, 0.1) is 0 Å². The van der Waals surface area contributed by atoms with Crippen molar-refractivity contribution in [3.05, 3.63) is 42.6 Å². The van der Waals surface area contributed by atoms with Gasteiger partial charge in [0.1, 0.15) is 11.4 Å². The van der Waals surface area contributed by atoms with Crippen LogP contribution in [-0.4, -0.2) is 48.5 Å². The summed E-state index contributed by atoms with van der Waals surface area (Å²) in [6.45, 7) is 5.54. The molecule has 0 atom stereocenters. The van der Waals surface area contributed by atoms with Crippen molar-refractivity contribution in [3.63, 3.8) is 0 Å². The topological polar surface area (TPSA) is 87.2 Å². The third kappa shape index (κ3) is 4.47. The molecule has 1 N–H and O–H groups in total. The molecule has 9 heteroatoms. The summed E-state index contributed by atoms with van der Waals surface area (Å²) in [6, 6.07) is 4.51. The second kappa shape index (κ2) is 8.48. The Hall–Kier alpha value is -2.75. The highest BCUT2D eigenvalue weighted by Gasteiger charge is 2.30. The van der Waals surface area contributed by atoms with E-state index in [1.54, 1.807) is 36.1 Å². The molecular weight excluding hydrogens is 450 g/mol. The monoisotopic (exact) mass is 479 g/mol. The van der Waals surface area contributed by atoms with Gasteiger partial charge in [-0.1, -0.05) is 0 Å². The van der Waals surface area contributed by atoms with E-state index in [0.717, 1.165) is 63.9 Å². The summed E-state index contributed by atoms with van der Waals surface area (Å²) in [5.41, 5.74) is 2.13. The van der Waals surface area contributed by atoms with Crippen LogP contribution < -0.4 is 4.74 Å². The molecule has 1 saturated heterocycles. The van der Waals surface area contributed by atoms with E-state index in [2.05, 4.69) is 27.0 Å². The number of ether oxygens (including phenoxy) is 2. The smallest absolute Gasteiger partial charge is 0.168 e. The SMILES string of the molecule is CC(C)(O)Cn1cc(-c2cc3nccc(Oc4cn(C5CC5)nc4C4CCOCC4)c3s2)cn1. The van der Waals surface area contributed by atoms with Gasteiger partial charge in [0.15, 0.2) is 5.75 Å². The standard InChI is InChI=1S/C25H29N5O3S/c1-25(2,31)15-29-13-17(12-27-29)22-11-19-24(34-22)20(5-8-26-19)33-21-14-30(18-3-4-18)28-23(21)16-6-9-32-10-7-16/h5,8,11-14,16,18,31H,3-4,6-7,9-10,15H2,1-2H3. The predicted octanol–water partition coefficient (Wildman–Crippen LogP) is 5.15. The average Bonchev–Trinajstić information content (AvgIpc) is 3.20. The van der Waals surface area contributed by atoms with Gasteiger partial charge in [-0.2, -0.15) is 10.2 Å². The van der Waals surface area contributed by atoms with Crippen LogP contribution in [0.4, 0.5) is 0 Å². The van der Waals surface area contributed by atoms with E-state index >= 15 is 0 Å². The van der Waals surface area contributed by atoms with Crippen LogP contribution in [0.3, 0.4) is 0 Å². The summed E-state index contributed by atoms with van der Waals surface area (Å²) < 4.78 is 17.0. The van der Waals surface area contributed by atoms with E-state index < -0.39 is 5.60 Å². The van der Waals surface area contributed by atoms with E-state index in [4.69, 9.17) is 14.6 Å². The van der Waals surface area contributed by atoms with Crippen molar-refractivity contribution in [1.82, 2.24) is 24.5 Å². The van der Waals surface area contributed by atoms with Crippen LogP contribution in [0.5, 0.6) is 11.5 Å². The summed E-state index contributed by atoms with van der Waals surface area (Å²) in [5, 5.41) is 19.5. The van der Waals surface area contributed by atoms with Crippen molar-refractivity contribution in [2.75, 3.05) is 13.2 Å². The van der Waals surface area contributed by atoms with Crippen LogP contribution in [0.2, 0.25) is 0 Å². The molecule has 6 rings (SSSR count). The highest BCUT2D eigenvalue weighted by molar-refractivity contribution is 7.22. The maximum absolute atomic E-state index is 10.1. The lowest BCUT2D eigenvalue weighted by molar-refractivity contribution is 0.0577. The molecule has 0 bridgehead atoms. The first-order valence-corrected chi connectivity index (χ1v) is 12.7. The van der Waals surface area contributed by atoms with Crippen LogP contribution in [0.1, 0.15) is 57.2 Å². The van der Waals surface area contributed by atoms with E-state index in [1.165, 1.54) is 12.8 Å². The summed E-state index contributed by atoms with van der Waals surface area (Å²) >= 11 is 1.64. The lowest BCUT2D eigenvalue weighted by atomic mass is 9.96. The van der Waals surface area contributed by atoms with Gasteiger partial charge in [-0.25, -0.2) is 0 Å². The molecule has 1 aliphatic heterocycles. The Morgan fingerprint density at radius 3 is 2.76 bits per heavy atom. The molecule has 0 radical (unpaired) electrons. The average molecular weight is 480 g/mol. The summed E-state index contributed by atoms with van der Waals surface area (Å²) in [6.07, 6.45) is 12.0. The number of thiophene rings is 1. The van der Waals surface area contributed by atoms with Gasteiger partial charge in [-0.3, -0.25) is 14.3 Å². The van der Waals surface area contributed by atoms with E-state index in [0.29, 0.717) is 18.5 Å². The minimum atomic E-state index is -0.820. The molecule has 2 fully saturated rings. The van der Waals surface area contributed by atoms with Crippen molar-refractivity contribution < 1.29 is 14.6 Å². The maximum Gasteiger partial charge on any atom is 0.168 e. The van der Waals surface area contributed by atoms with Gasteiger partial charge in [0.05, 0.1) is 40.8 Å². The number of hydrogen-bond acceptors (Lipinski definition) is 7. The Balaban J connectivity index is 1.32. The number of aromatic nitrogens is 5. The summed E-state index contributed by atoms with van der Waals surface area (Å²) in [7, 11) is 0. The fourth-order valence-corrected chi connectivity index (χ4v) is 5.52. The number of fused-ring (bicyclic) bond motifs is 1. The van der Waals surface area contributed by atoms with E-state index in [9.17, 15) is 5.11 Å². The molecule has 34 heavy (non-hydrogen) atoms. The van der Waals surface area contributed by atoms with Crippen LogP contribution in [0.15, 0.2) is 36.9 Å². The summed E-state index contributed by atoms with van der Waals surface area (Å²) in [5.74, 6) is 2.01. The zero-order valence-electron chi connectivity index (χ0n) is 19.5. The van der Waals surface area contributed by atoms with Gasteiger partial charge in [0.25, 0.3) is 0 Å². The minimum absolute atomic E-state index is 0.363. The Bertz CT molecular complexity index is 1310. The quantitative estimate of drug-likeness (QED) is 0.395. The largest absolute Gasteiger partial charge is 0.452 e. The van der Waals surface area contributed by atoms with Gasteiger partial charge in [0.2, 0.25) is 0 Å². The van der Waals surface area contributed by atoms with Gasteiger partial charge in [-0.15, -0.1) is 11.3 Å². The van der Waals surface area contributed by atoms with Crippen molar-refractivity contribution in [3.8, 4) is 21.9 Å². The number of nitrogens with zero attached hydrogens (tertiary/aromatic N) is 5. The molecule has 0 amide bonds. The fraction of sp³-hybridized carbons (Fsp3) is 0.480. The van der Waals surface area contributed by atoms with Gasteiger partial charge < -0.3 is 14.6 Å². The lowest BCUT2D eigenvalue weighted by Crippen LogP contribution is -2.26. The Kier molecular flexibility index (Phi) is 5.43. The normalized spacial score (nSPS) is 17.5. The molecule has 2 aliphatic rings. The van der Waals surface area contributed by atoms with Crippen molar-refractivity contribution >= 4 is 21.6 Å². The molecule has 0 spiro atoms. The molecule has 4 aromatic rings. The van der Waals surface area contributed by atoms with Crippen molar-refractivity contribution in [1.29, 1.82) is 0 Å². The number of rotatable bonds is 7. The summed E-state index contributed by atoms with van der Waals surface area (Å²) in [4.78, 5) is 5.65. The van der Waals surface area contributed by atoms with E-state index in [-0.39, 0.29) is 0 Å². The van der Waals surface area contributed by atoms with Crippen LogP contribution >= 0.6 is 11.3 Å². The first-order chi connectivity index (χ1) is 16.4. The number of hydrogen-bond donors (Lipinski definition) is 1. The molecule has 1 saturated carbocycles.